The van der Waals surface area contributed by atoms with Crippen LogP contribution in [0.15, 0.2) is 36.4 Å². The Labute approximate surface area is 47.4 Å². The number of rotatable bonds is 0. The van der Waals surface area contributed by atoms with Crippen LogP contribution in [0.1, 0.15) is 0 Å². The van der Waals surface area contributed by atoms with E-state index in [4.69, 9.17) is 0 Å². The number of hydrogen-bond acceptors (Lipinski definition) is 0. The third-order valence-electron chi connectivity index (χ3n) is 0.667. The van der Waals surface area contributed by atoms with Crippen LogP contribution >= 0.6 is 0 Å². The molecular formula is C6H8Be. The van der Waals surface area contributed by atoms with Gasteiger partial charge in [-0.05, 0) is 0 Å². The molecule has 0 aromatic heterocycles. The quantitative estimate of drug-likeness (QED) is 0.412. The van der Waals surface area contributed by atoms with Gasteiger partial charge in [0.1, 0.15) is 0 Å². The maximum Gasteiger partial charge on any atom is -0.0623 e. The predicted molar refractivity (Wildman–Crippen MR) is 35.0 cm³/mol. The van der Waals surface area contributed by atoms with E-state index in [1.807, 2.05) is 36.4 Å². The fourth-order valence-corrected chi connectivity index (χ4v) is 0.385. The minimum absolute atomic E-state index is 0. The standard InChI is InChI=1S/C6H6.Be.2H/c1-2-4-6-5-3-1;;;/h1-6H;;;. The van der Waals surface area contributed by atoms with Crippen molar-refractivity contribution in [2.75, 3.05) is 0 Å². The zero-order valence-corrected chi connectivity index (χ0v) is 3.46. The van der Waals surface area contributed by atoms with E-state index in [-0.39, 0.29) is 10.1 Å². The first-order valence-corrected chi connectivity index (χ1v) is 2.00. The molecule has 0 unspecified atom stereocenters. The van der Waals surface area contributed by atoms with Gasteiger partial charge in [-0.15, -0.1) is 0 Å². The molecule has 0 saturated carbocycles. The van der Waals surface area contributed by atoms with Gasteiger partial charge in [0.05, 0.1) is 0 Å². The van der Waals surface area contributed by atoms with Gasteiger partial charge < -0.3 is 0 Å². The average Bonchev–Trinajstić information content (AvgIpc) is 1.72. The topological polar surface area (TPSA) is 0 Å². The number of hydrogen-bond donors (Lipinski definition) is 0. The molecule has 0 heterocycles. The van der Waals surface area contributed by atoms with Crippen LogP contribution in [0.4, 0.5) is 0 Å². The fraction of sp³-hybridized carbons (Fsp3) is 0. The second-order valence-electron chi connectivity index (χ2n) is 1.15. The normalized spacial score (nSPS) is 6.86. The molecule has 0 aliphatic carbocycles. The minimum Gasteiger partial charge on any atom is -0.0623 e. The van der Waals surface area contributed by atoms with Crippen molar-refractivity contribution < 1.29 is 0 Å². The molecule has 0 bridgehead atoms. The first-order chi connectivity index (χ1) is 3.00. The van der Waals surface area contributed by atoms with Crippen molar-refractivity contribution in [3.8, 4) is 0 Å². The van der Waals surface area contributed by atoms with Gasteiger partial charge in [-0.25, -0.2) is 0 Å². The molecule has 0 saturated heterocycles. The molecular weight excluding hydrogens is 81.1 g/mol. The van der Waals surface area contributed by atoms with Crippen molar-refractivity contribution in [2.24, 2.45) is 0 Å². The van der Waals surface area contributed by atoms with Crippen LogP contribution in [0.3, 0.4) is 0 Å². The van der Waals surface area contributed by atoms with Crippen LogP contribution in [0.2, 0.25) is 0 Å². The SMILES string of the molecule is [BeH2].c1ccccc1. The summed E-state index contributed by atoms with van der Waals surface area (Å²) in [6.45, 7) is 0. The van der Waals surface area contributed by atoms with E-state index >= 15 is 0 Å². The summed E-state index contributed by atoms with van der Waals surface area (Å²) < 4.78 is 0. The molecule has 0 aliphatic heterocycles. The predicted octanol–water partition coefficient (Wildman–Crippen LogP) is 0.770. The summed E-state index contributed by atoms with van der Waals surface area (Å²) in [7, 11) is 0. The smallest absolute Gasteiger partial charge is 0.0623 e. The monoisotopic (exact) mass is 89.1 g/mol. The van der Waals surface area contributed by atoms with Crippen LogP contribution < -0.4 is 0 Å². The van der Waals surface area contributed by atoms with E-state index < -0.39 is 0 Å². The summed E-state index contributed by atoms with van der Waals surface area (Å²) in [5.41, 5.74) is 0. The van der Waals surface area contributed by atoms with Crippen molar-refractivity contribution in [1.82, 2.24) is 0 Å². The van der Waals surface area contributed by atoms with E-state index in [2.05, 4.69) is 0 Å². The molecule has 0 radical (unpaired) electrons. The Kier molecular flexibility index (Phi) is 3.26. The van der Waals surface area contributed by atoms with Crippen molar-refractivity contribution >= 4 is 10.1 Å². The van der Waals surface area contributed by atoms with E-state index in [1.165, 1.54) is 0 Å². The zero-order chi connectivity index (χ0) is 4.24. The first-order valence-electron chi connectivity index (χ1n) is 2.00. The van der Waals surface area contributed by atoms with Gasteiger partial charge in [0.25, 0.3) is 0 Å². The molecule has 34 valence electrons. The zero-order valence-electron chi connectivity index (χ0n) is 3.46. The summed E-state index contributed by atoms with van der Waals surface area (Å²) >= 11 is 0. The summed E-state index contributed by atoms with van der Waals surface area (Å²) in [4.78, 5) is 0. The van der Waals surface area contributed by atoms with Crippen LogP contribution in [0, 0.1) is 0 Å². The fourth-order valence-electron chi connectivity index (χ4n) is 0.385. The Balaban J connectivity index is 0.000000360. The Morgan fingerprint density at radius 3 is 0.714 bits per heavy atom. The summed E-state index contributed by atoms with van der Waals surface area (Å²) in [5.74, 6) is 0. The summed E-state index contributed by atoms with van der Waals surface area (Å²) in [5, 5.41) is 0. The molecule has 7 heavy (non-hydrogen) atoms. The van der Waals surface area contributed by atoms with E-state index in [9.17, 15) is 0 Å². The van der Waals surface area contributed by atoms with Crippen molar-refractivity contribution in [1.29, 1.82) is 0 Å². The Morgan fingerprint density at radius 1 is 0.429 bits per heavy atom. The van der Waals surface area contributed by atoms with E-state index in [1.54, 1.807) is 0 Å². The number of benzene rings is 1. The first kappa shape index (κ1) is 6.39. The van der Waals surface area contributed by atoms with Crippen molar-refractivity contribution in [3.63, 3.8) is 0 Å². The molecule has 0 aliphatic rings. The van der Waals surface area contributed by atoms with Crippen LogP contribution in [-0.4, -0.2) is 10.1 Å². The van der Waals surface area contributed by atoms with Crippen molar-refractivity contribution in [3.05, 3.63) is 36.4 Å². The molecule has 1 aromatic carbocycles. The summed E-state index contributed by atoms with van der Waals surface area (Å²) in [6.07, 6.45) is 0. The second kappa shape index (κ2) is 3.57. The van der Waals surface area contributed by atoms with Crippen LogP contribution in [-0.2, 0) is 0 Å². The molecule has 0 atom stereocenters. The van der Waals surface area contributed by atoms with Gasteiger partial charge in [0, 0.05) is 0 Å². The molecule has 0 amide bonds. The Hall–Kier alpha value is -0.611. The Morgan fingerprint density at radius 2 is 0.571 bits per heavy atom. The van der Waals surface area contributed by atoms with Crippen molar-refractivity contribution in [2.45, 2.75) is 0 Å². The van der Waals surface area contributed by atoms with E-state index in [0.717, 1.165) is 0 Å². The Bertz CT molecular complexity index is 76.1. The maximum absolute atomic E-state index is 2.00. The van der Waals surface area contributed by atoms with Crippen LogP contribution in [0.5, 0.6) is 0 Å². The molecule has 0 fully saturated rings. The molecule has 1 heteroatoms. The molecule has 0 spiro atoms. The molecule has 1 aromatic rings. The van der Waals surface area contributed by atoms with Gasteiger partial charge in [-0.2, -0.15) is 0 Å². The van der Waals surface area contributed by atoms with Crippen LogP contribution in [0.25, 0.3) is 0 Å². The van der Waals surface area contributed by atoms with Gasteiger partial charge in [-0.1, -0.05) is 36.4 Å². The largest absolute Gasteiger partial charge is 0.0623 e. The maximum atomic E-state index is 2.00. The third-order valence-corrected chi connectivity index (χ3v) is 0.667. The van der Waals surface area contributed by atoms with Gasteiger partial charge in [-0.3, -0.25) is 0 Å². The van der Waals surface area contributed by atoms with Gasteiger partial charge in [0.15, 0.2) is 0 Å². The van der Waals surface area contributed by atoms with Gasteiger partial charge in [0.2, 0.25) is 0 Å². The average molecular weight is 89.1 g/mol. The van der Waals surface area contributed by atoms with Gasteiger partial charge >= 0.3 is 10.1 Å². The summed E-state index contributed by atoms with van der Waals surface area (Å²) in [6, 6.07) is 12.0. The van der Waals surface area contributed by atoms with E-state index in [0.29, 0.717) is 0 Å². The molecule has 0 nitrogen and oxygen atoms in total. The third kappa shape index (κ3) is 2.13. The molecule has 0 N–H and O–H groups in total. The molecule has 1 rings (SSSR count). The second-order valence-corrected chi connectivity index (χ2v) is 1.15. The minimum atomic E-state index is 0.